The van der Waals surface area contributed by atoms with Crippen molar-refractivity contribution in [1.82, 2.24) is 4.90 Å². The Morgan fingerprint density at radius 2 is 2.19 bits per heavy atom. The number of piperidine rings is 1. The van der Waals surface area contributed by atoms with Crippen LogP contribution in [0.2, 0.25) is 0 Å². The quantitative estimate of drug-likeness (QED) is 0.864. The van der Waals surface area contributed by atoms with Crippen LogP contribution in [-0.4, -0.2) is 40.5 Å². The van der Waals surface area contributed by atoms with Crippen LogP contribution < -0.4 is 5.73 Å². The Bertz CT molecular complexity index is 576. The van der Waals surface area contributed by atoms with E-state index in [9.17, 15) is 14.7 Å². The van der Waals surface area contributed by atoms with Crippen molar-refractivity contribution in [3.8, 4) is 0 Å². The number of carbonyl (C=O) groups excluding carboxylic acids is 2. The first-order valence-electron chi connectivity index (χ1n) is 6.87. The third kappa shape index (κ3) is 3.63. The van der Waals surface area contributed by atoms with Crippen molar-refractivity contribution in [2.75, 3.05) is 13.1 Å². The van der Waals surface area contributed by atoms with Gasteiger partial charge in [-0.05, 0) is 37.5 Å². The molecule has 21 heavy (non-hydrogen) atoms. The van der Waals surface area contributed by atoms with Gasteiger partial charge in [0.05, 0.1) is 18.6 Å². The number of primary amides is 1. The fourth-order valence-corrected chi connectivity index (χ4v) is 3.13. The lowest BCUT2D eigenvalue weighted by molar-refractivity contribution is -0.125. The Kier molecular flexibility index (Phi) is 4.68. The molecule has 1 aliphatic heterocycles. The summed E-state index contributed by atoms with van der Waals surface area (Å²) in [6, 6.07) is 5.46. The molecule has 2 amide bonds. The number of rotatable bonds is 3. The molecule has 0 spiro atoms. The van der Waals surface area contributed by atoms with E-state index in [0.717, 1.165) is 10.0 Å². The number of aliphatic hydroxyl groups is 1. The molecule has 0 bridgehead atoms. The van der Waals surface area contributed by atoms with Crippen LogP contribution >= 0.6 is 15.9 Å². The van der Waals surface area contributed by atoms with Crippen molar-refractivity contribution < 1.29 is 14.7 Å². The van der Waals surface area contributed by atoms with Crippen LogP contribution in [0, 0.1) is 6.92 Å². The minimum Gasteiger partial charge on any atom is -0.388 e. The van der Waals surface area contributed by atoms with E-state index in [1.165, 1.54) is 0 Å². The number of hydrogen-bond acceptors (Lipinski definition) is 3. The van der Waals surface area contributed by atoms with Gasteiger partial charge in [0.25, 0.3) is 5.91 Å². The zero-order valence-electron chi connectivity index (χ0n) is 11.9. The second kappa shape index (κ2) is 6.15. The lowest BCUT2D eigenvalue weighted by atomic mass is 9.89. The lowest BCUT2D eigenvalue weighted by Gasteiger charge is -2.38. The minimum absolute atomic E-state index is 0.117. The second-order valence-corrected chi connectivity index (χ2v) is 6.46. The molecule has 1 aromatic carbocycles. The zero-order valence-corrected chi connectivity index (χ0v) is 13.5. The summed E-state index contributed by atoms with van der Waals surface area (Å²) in [7, 11) is 0. The van der Waals surface area contributed by atoms with Crippen molar-refractivity contribution in [2.45, 2.75) is 31.8 Å². The highest BCUT2D eigenvalue weighted by Crippen LogP contribution is 2.27. The molecule has 0 aliphatic carbocycles. The number of nitrogens with zero attached hydrogens (tertiary/aromatic N) is 1. The number of benzene rings is 1. The number of β-amino-alcohol motifs (C(OH)–C–C–N with tert-alkyl or cyclic N) is 1. The third-order valence-electron chi connectivity index (χ3n) is 3.84. The SMILES string of the molecule is Cc1c(Br)cccc1C(=O)N1CCCC(O)(CC(N)=O)C1. The summed E-state index contributed by atoms with van der Waals surface area (Å²) < 4.78 is 0.873. The number of halogens is 1. The molecule has 1 unspecified atom stereocenters. The first-order valence-corrected chi connectivity index (χ1v) is 7.67. The van der Waals surface area contributed by atoms with Crippen molar-refractivity contribution in [3.63, 3.8) is 0 Å². The summed E-state index contributed by atoms with van der Waals surface area (Å²) in [5.74, 6) is -0.679. The first kappa shape index (κ1) is 16.0. The van der Waals surface area contributed by atoms with Crippen molar-refractivity contribution in [1.29, 1.82) is 0 Å². The van der Waals surface area contributed by atoms with E-state index in [1.54, 1.807) is 11.0 Å². The first-order chi connectivity index (χ1) is 9.82. The average Bonchev–Trinajstić information content (AvgIpc) is 2.39. The normalized spacial score (nSPS) is 22.1. The van der Waals surface area contributed by atoms with Gasteiger partial charge in [0.1, 0.15) is 0 Å². The maximum atomic E-state index is 12.6. The summed E-state index contributed by atoms with van der Waals surface area (Å²) >= 11 is 3.41. The van der Waals surface area contributed by atoms with Gasteiger partial charge in [-0.3, -0.25) is 9.59 Å². The molecule has 1 atom stereocenters. The van der Waals surface area contributed by atoms with E-state index in [-0.39, 0.29) is 18.9 Å². The standard InChI is InChI=1S/C15H19BrN2O3/c1-10-11(4-2-5-12(10)16)14(20)18-7-3-6-15(21,9-18)8-13(17)19/h2,4-5,21H,3,6-9H2,1H3,(H2,17,19). The summed E-state index contributed by atoms with van der Waals surface area (Å²) in [6.45, 7) is 2.59. The monoisotopic (exact) mass is 354 g/mol. The molecule has 1 aromatic rings. The maximum absolute atomic E-state index is 12.6. The average molecular weight is 355 g/mol. The lowest BCUT2D eigenvalue weighted by Crippen LogP contribution is -2.52. The fraction of sp³-hybridized carbons (Fsp3) is 0.467. The highest BCUT2D eigenvalue weighted by Gasteiger charge is 2.37. The predicted molar refractivity (Wildman–Crippen MR) is 82.8 cm³/mol. The molecular weight excluding hydrogens is 336 g/mol. The Morgan fingerprint density at radius 3 is 2.86 bits per heavy atom. The highest BCUT2D eigenvalue weighted by molar-refractivity contribution is 9.10. The number of likely N-dealkylation sites (tertiary alicyclic amines) is 1. The molecule has 2 rings (SSSR count). The van der Waals surface area contributed by atoms with Gasteiger partial charge in [-0.15, -0.1) is 0 Å². The number of nitrogens with two attached hydrogens (primary N) is 1. The van der Waals surface area contributed by atoms with Crippen LogP contribution in [0.25, 0.3) is 0 Å². The molecular formula is C15H19BrN2O3. The van der Waals surface area contributed by atoms with E-state index in [4.69, 9.17) is 5.73 Å². The van der Waals surface area contributed by atoms with Gasteiger partial charge in [0.15, 0.2) is 0 Å². The second-order valence-electron chi connectivity index (χ2n) is 5.61. The summed E-state index contributed by atoms with van der Waals surface area (Å²) in [5, 5.41) is 10.4. The number of hydrogen-bond donors (Lipinski definition) is 2. The Hall–Kier alpha value is -1.40. The topological polar surface area (TPSA) is 83.6 Å². The Morgan fingerprint density at radius 1 is 1.48 bits per heavy atom. The number of amides is 2. The molecule has 6 heteroatoms. The van der Waals surface area contributed by atoms with Crippen molar-refractivity contribution in [2.24, 2.45) is 5.73 Å². The smallest absolute Gasteiger partial charge is 0.254 e. The van der Waals surface area contributed by atoms with Gasteiger partial charge in [-0.1, -0.05) is 22.0 Å². The van der Waals surface area contributed by atoms with Gasteiger partial charge in [0, 0.05) is 16.6 Å². The number of carbonyl (C=O) groups is 2. The van der Waals surface area contributed by atoms with Gasteiger partial charge in [0.2, 0.25) is 5.91 Å². The predicted octanol–water partition coefficient (Wildman–Crippen LogP) is 1.60. The molecule has 5 nitrogen and oxygen atoms in total. The summed E-state index contributed by atoms with van der Waals surface area (Å²) in [5.41, 5.74) is 5.44. The van der Waals surface area contributed by atoms with Gasteiger partial charge >= 0.3 is 0 Å². The molecule has 0 saturated carbocycles. The molecule has 0 radical (unpaired) electrons. The van der Waals surface area contributed by atoms with Crippen LogP contribution in [0.4, 0.5) is 0 Å². The van der Waals surface area contributed by atoms with Crippen LogP contribution in [0.3, 0.4) is 0 Å². The third-order valence-corrected chi connectivity index (χ3v) is 4.70. The molecule has 1 saturated heterocycles. The Labute approximate surface area is 132 Å². The fourth-order valence-electron chi connectivity index (χ4n) is 2.76. The molecule has 114 valence electrons. The van der Waals surface area contributed by atoms with E-state index >= 15 is 0 Å². The van der Waals surface area contributed by atoms with Gasteiger partial charge in [-0.2, -0.15) is 0 Å². The Balaban J connectivity index is 2.19. The maximum Gasteiger partial charge on any atom is 0.254 e. The van der Waals surface area contributed by atoms with Gasteiger partial charge in [-0.25, -0.2) is 0 Å². The summed E-state index contributed by atoms with van der Waals surface area (Å²) in [6.07, 6.45) is 1.02. The van der Waals surface area contributed by atoms with Crippen LogP contribution in [-0.2, 0) is 4.79 Å². The summed E-state index contributed by atoms with van der Waals surface area (Å²) in [4.78, 5) is 25.3. The van der Waals surface area contributed by atoms with Crippen molar-refractivity contribution in [3.05, 3.63) is 33.8 Å². The van der Waals surface area contributed by atoms with Crippen LogP contribution in [0.1, 0.15) is 35.2 Å². The largest absolute Gasteiger partial charge is 0.388 e. The molecule has 1 heterocycles. The minimum atomic E-state index is -1.21. The molecule has 1 fully saturated rings. The highest BCUT2D eigenvalue weighted by atomic mass is 79.9. The zero-order chi connectivity index (χ0) is 15.6. The van der Waals surface area contributed by atoms with E-state index < -0.39 is 11.5 Å². The molecule has 1 aliphatic rings. The van der Waals surface area contributed by atoms with E-state index in [0.29, 0.717) is 24.9 Å². The van der Waals surface area contributed by atoms with Crippen molar-refractivity contribution >= 4 is 27.7 Å². The molecule has 3 N–H and O–H groups in total. The molecule has 0 aromatic heterocycles. The van der Waals surface area contributed by atoms with Crippen LogP contribution in [0.5, 0.6) is 0 Å². The van der Waals surface area contributed by atoms with E-state index in [1.807, 2.05) is 19.1 Å². The van der Waals surface area contributed by atoms with Crippen LogP contribution in [0.15, 0.2) is 22.7 Å². The van der Waals surface area contributed by atoms with E-state index in [2.05, 4.69) is 15.9 Å². The van der Waals surface area contributed by atoms with Gasteiger partial charge < -0.3 is 15.7 Å².